The van der Waals surface area contributed by atoms with Crippen LogP contribution in [0.25, 0.3) is 0 Å². The third kappa shape index (κ3) is 1.91. The van der Waals surface area contributed by atoms with Crippen LogP contribution < -0.4 is 5.73 Å². The molecule has 0 spiro atoms. The van der Waals surface area contributed by atoms with E-state index in [-0.39, 0.29) is 0 Å². The molecule has 1 aromatic rings. The Morgan fingerprint density at radius 1 is 1.62 bits per heavy atom. The van der Waals surface area contributed by atoms with E-state index in [0.717, 1.165) is 18.7 Å². The third-order valence-electron chi connectivity index (χ3n) is 3.06. The van der Waals surface area contributed by atoms with E-state index in [2.05, 4.69) is 16.3 Å². The van der Waals surface area contributed by atoms with E-state index in [1.54, 1.807) is 0 Å². The standard InChI is InChI=1S/C10H17N3/c1-8-6-9(13-12-8)2-3-10(7-11)4-5-10/h6H,2-5,7,11H2,1H3,(H,12,13). The number of aromatic nitrogens is 2. The molecule has 3 nitrogen and oxygen atoms in total. The van der Waals surface area contributed by atoms with Crippen molar-refractivity contribution >= 4 is 0 Å². The fraction of sp³-hybridized carbons (Fsp3) is 0.700. The summed E-state index contributed by atoms with van der Waals surface area (Å²) >= 11 is 0. The van der Waals surface area contributed by atoms with Crippen molar-refractivity contribution in [3.05, 3.63) is 17.5 Å². The van der Waals surface area contributed by atoms with Gasteiger partial charge in [-0.15, -0.1) is 0 Å². The SMILES string of the molecule is Cc1cc(CCC2(CN)CC2)n[nH]1. The van der Waals surface area contributed by atoms with Gasteiger partial charge in [-0.05, 0) is 50.6 Å². The molecule has 13 heavy (non-hydrogen) atoms. The summed E-state index contributed by atoms with van der Waals surface area (Å²) in [6.45, 7) is 2.88. The zero-order valence-electron chi connectivity index (χ0n) is 8.14. The monoisotopic (exact) mass is 179 g/mol. The van der Waals surface area contributed by atoms with Gasteiger partial charge in [0, 0.05) is 5.69 Å². The van der Waals surface area contributed by atoms with Crippen molar-refractivity contribution in [2.75, 3.05) is 6.54 Å². The number of rotatable bonds is 4. The molecular formula is C10H17N3. The molecule has 0 bridgehead atoms. The van der Waals surface area contributed by atoms with Gasteiger partial charge in [0.1, 0.15) is 0 Å². The van der Waals surface area contributed by atoms with E-state index in [0.29, 0.717) is 5.41 Å². The van der Waals surface area contributed by atoms with E-state index < -0.39 is 0 Å². The lowest BCUT2D eigenvalue weighted by Gasteiger charge is -2.09. The van der Waals surface area contributed by atoms with Gasteiger partial charge in [-0.2, -0.15) is 5.10 Å². The molecule has 3 heteroatoms. The van der Waals surface area contributed by atoms with Crippen molar-refractivity contribution in [3.63, 3.8) is 0 Å². The molecule has 1 aromatic heterocycles. The van der Waals surface area contributed by atoms with Gasteiger partial charge in [0.2, 0.25) is 0 Å². The Hall–Kier alpha value is -0.830. The van der Waals surface area contributed by atoms with Crippen LogP contribution in [0.4, 0.5) is 0 Å². The highest BCUT2D eigenvalue weighted by atomic mass is 15.1. The fourth-order valence-electron chi connectivity index (χ4n) is 1.73. The van der Waals surface area contributed by atoms with Crippen molar-refractivity contribution in [3.8, 4) is 0 Å². The second kappa shape index (κ2) is 3.14. The van der Waals surface area contributed by atoms with Crippen LogP contribution in [0.5, 0.6) is 0 Å². The molecule has 0 aliphatic heterocycles. The Morgan fingerprint density at radius 3 is 2.85 bits per heavy atom. The van der Waals surface area contributed by atoms with E-state index in [9.17, 15) is 0 Å². The first kappa shape index (κ1) is 8.75. The molecule has 0 saturated heterocycles. The molecule has 2 rings (SSSR count). The first-order valence-electron chi connectivity index (χ1n) is 4.95. The van der Waals surface area contributed by atoms with Crippen LogP contribution in [0.2, 0.25) is 0 Å². The molecule has 0 atom stereocenters. The van der Waals surface area contributed by atoms with Gasteiger partial charge in [0.05, 0.1) is 5.69 Å². The van der Waals surface area contributed by atoms with Gasteiger partial charge < -0.3 is 5.73 Å². The maximum atomic E-state index is 5.71. The first-order valence-corrected chi connectivity index (χ1v) is 4.95. The maximum Gasteiger partial charge on any atom is 0.0625 e. The van der Waals surface area contributed by atoms with Gasteiger partial charge >= 0.3 is 0 Å². The zero-order valence-corrected chi connectivity index (χ0v) is 8.14. The van der Waals surface area contributed by atoms with Crippen LogP contribution in [0.15, 0.2) is 6.07 Å². The van der Waals surface area contributed by atoms with Gasteiger partial charge in [0.15, 0.2) is 0 Å². The molecule has 1 heterocycles. The Labute approximate surface area is 78.7 Å². The molecule has 0 radical (unpaired) electrons. The number of H-pyrrole nitrogens is 1. The van der Waals surface area contributed by atoms with Crippen molar-refractivity contribution in [1.29, 1.82) is 0 Å². The number of nitrogens with one attached hydrogen (secondary N) is 1. The van der Waals surface area contributed by atoms with Crippen LogP contribution in [-0.4, -0.2) is 16.7 Å². The van der Waals surface area contributed by atoms with E-state index in [4.69, 9.17) is 5.73 Å². The normalized spacial score (nSPS) is 18.9. The highest BCUT2D eigenvalue weighted by Crippen LogP contribution is 2.48. The van der Waals surface area contributed by atoms with Crippen molar-refractivity contribution < 1.29 is 0 Å². The molecule has 1 saturated carbocycles. The molecule has 1 aliphatic rings. The summed E-state index contributed by atoms with van der Waals surface area (Å²) < 4.78 is 0. The minimum Gasteiger partial charge on any atom is -0.330 e. The zero-order chi connectivity index (χ0) is 9.31. The van der Waals surface area contributed by atoms with E-state index in [1.165, 1.54) is 25.0 Å². The lowest BCUT2D eigenvalue weighted by Crippen LogP contribution is -2.16. The predicted octanol–water partition coefficient (Wildman–Crippen LogP) is 1.39. The highest BCUT2D eigenvalue weighted by molar-refractivity contribution is 5.08. The Bertz CT molecular complexity index is 286. The summed E-state index contributed by atoms with van der Waals surface area (Å²) in [6.07, 6.45) is 4.90. The summed E-state index contributed by atoms with van der Waals surface area (Å²) in [4.78, 5) is 0. The van der Waals surface area contributed by atoms with Gasteiger partial charge in [0.25, 0.3) is 0 Å². The van der Waals surface area contributed by atoms with Crippen molar-refractivity contribution in [1.82, 2.24) is 10.2 Å². The Morgan fingerprint density at radius 2 is 2.38 bits per heavy atom. The molecule has 1 fully saturated rings. The highest BCUT2D eigenvalue weighted by Gasteiger charge is 2.40. The maximum absolute atomic E-state index is 5.71. The van der Waals surface area contributed by atoms with Crippen LogP contribution in [-0.2, 0) is 6.42 Å². The summed E-state index contributed by atoms with van der Waals surface area (Å²) in [5.74, 6) is 0. The fourth-order valence-corrected chi connectivity index (χ4v) is 1.73. The quantitative estimate of drug-likeness (QED) is 0.733. The lowest BCUT2D eigenvalue weighted by atomic mass is 9.99. The number of hydrogen-bond donors (Lipinski definition) is 2. The molecule has 3 N–H and O–H groups in total. The number of nitrogens with zero attached hydrogens (tertiary/aromatic N) is 1. The third-order valence-corrected chi connectivity index (χ3v) is 3.06. The summed E-state index contributed by atoms with van der Waals surface area (Å²) in [5.41, 5.74) is 8.51. The van der Waals surface area contributed by atoms with Gasteiger partial charge in [-0.3, -0.25) is 5.10 Å². The molecule has 0 amide bonds. The topological polar surface area (TPSA) is 54.7 Å². The number of aryl methyl sites for hydroxylation is 2. The van der Waals surface area contributed by atoms with Crippen LogP contribution in [0, 0.1) is 12.3 Å². The molecule has 1 aliphatic carbocycles. The average Bonchev–Trinajstić information content (AvgIpc) is 2.81. The van der Waals surface area contributed by atoms with Crippen LogP contribution in [0.1, 0.15) is 30.7 Å². The Kier molecular flexibility index (Phi) is 2.12. The summed E-state index contributed by atoms with van der Waals surface area (Å²) in [6, 6.07) is 2.12. The summed E-state index contributed by atoms with van der Waals surface area (Å²) in [5, 5.41) is 7.18. The van der Waals surface area contributed by atoms with E-state index >= 15 is 0 Å². The van der Waals surface area contributed by atoms with Gasteiger partial charge in [-0.25, -0.2) is 0 Å². The largest absolute Gasteiger partial charge is 0.330 e. The predicted molar refractivity (Wildman–Crippen MR) is 52.4 cm³/mol. The second-order valence-electron chi connectivity index (χ2n) is 4.25. The minimum atomic E-state index is 0.479. The number of nitrogens with two attached hydrogens (primary N) is 1. The van der Waals surface area contributed by atoms with Crippen molar-refractivity contribution in [2.45, 2.75) is 32.6 Å². The van der Waals surface area contributed by atoms with Crippen molar-refractivity contribution in [2.24, 2.45) is 11.1 Å². The minimum absolute atomic E-state index is 0.479. The van der Waals surface area contributed by atoms with Crippen LogP contribution in [0.3, 0.4) is 0 Å². The molecular weight excluding hydrogens is 162 g/mol. The number of hydrogen-bond acceptors (Lipinski definition) is 2. The van der Waals surface area contributed by atoms with Gasteiger partial charge in [-0.1, -0.05) is 0 Å². The molecule has 72 valence electrons. The average molecular weight is 179 g/mol. The molecule has 0 aromatic carbocycles. The van der Waals surface area contributed by atoms with E-state index in [1.807, 2.05) is 6.92 Å². The first-order chi connectivity index (χ1) is 6.24. The van der Waals surface area contributed by atoms with Crippen LogP contribution >= 0.6 is 0 Å². The summed E-state index contributed by atoms with van der Waals surface area (Å²) in [7, 11) is 0. The molecule has 0 unspecified atom stereocenters. The smallest absolute Gasteiger partial charge is 0.0625 e. The lowest BCUT2D eigenvalue weighted by molar-refractivity contribution is 0.475. The second-order valence-corrected chi connectivity index (χ2v) is 4.25. The Balaban J connectivity index is 1.86. The number of aromatic amines is 1.